The molecule has 64 valence electrons. The van der Waals surface area contributed by atoms with E-state index in [1.807, 2.05) is 13.8 Å². The van der Waals surface area contributed by atoms with Gasteiger partial charge in [0, 0.05) is 18.5 Å². The summed E-state index contributed by atoms with van der Waals surface area (Å²) in [6.45, 7) is 3.78. The fraction of sp³-hybridized carbons (Fsp3) is 0.444. The van der Waals surface area contributed by atoms with E-state index in [1.165, 1.54) is 6.33 Å². The molecule has 1 heterocycles. The van der Waals surface area contributed by atoms with Gasteiger partial charge >= 0.3 is 0 Å². The molecule has 0 aliphatic rings. The van der Waals surface area contributed by atoms with Crippen LogP contribution in [0.2, 0.25) is 0 Å². The molecule has 0 aliphatic carbocycles. The second kappa shape index (κ2) is 3.95. The Balaban J connectivity index is 2.59. The maximum atomic E-state index is 11.3. The number of hydrogen-bond donors (Lipinski definition) is 0. The number of nitrogens with zero attached hydrogens (tertiary/aromatic N) is 2. The summed E-state index contributed by atoms with van der Waals surface area (Å²) in [7, 11) is 0. The minimum absolute atomic E-state index is 0.0833. The van der Waals surface area contributed by atoms with Crippen LogP contribution in [0.15, 0.2) is 18.6 Å². The van der Waals surface area contributed by atoms with E-state index in [0.717, 1.165) is 5.69 Å². The van der Waals surface area contributed by atoms with Crippen LogP contribution < -0.4 is 0 Å². The molecular weight excluding hydrogens is 152 g/mol. The van der Waals surface area contributed by atoms with Gasteiger partial charge in [0.05, 0.1) is 5.69 Å². The minimum atomic E-state index is 0.0833. The summed E-state index contributed by atoms with van der Waals surface area (Å²) < 4.78 is 0. The van der Waals surface area contributed by atoms with Crippen LogP contribution in [0.3, 0.4) is 0 Å². The lowest BCUT2D eigenvalue weighted by Crippen LogP contribution is -2.11. The molecule has 0 spiro atoms. The van der Waals surface area contributed by atoms with Gasteiger partial charge in [-0.15, -0.1) is 0 Å². The van der Waals surface area contributed by atoms with Crippen LogP contribution in [0.25, 0.3) is 0 Å². The molecule has 0 saturated carbocycles. The summed E-state index contributed by atoms with van der Waals surface area (Å²) in [6, 6.07) is 1.76. The average Bonchev–Trinajstić information content (AvgIpc) is 2.06. The van der Waals surface area contributed by atoms with E-state index in [4.69, 9.17) is 0 Å². The smallest absolute Gasteiger partial charge is 0.141 e. The fourth-order valence-electron chi connectivity index (χ4n) is 0.805. The van der Waals surface area contributed by atoms with Crippen LogP contribution in [0.5, 0.6) is 0 Å². The standard InChI is InChI=1S/C9H12N2O/c1-7(2)9(12)5-8-3-4-10-6-11-8/h3-4,6-7H,5H2,1-2H3. The van der Waals surface area contributed by atoms with Gasteiger partial charge < -0.3 is 0 Å². The Morgan fingerprint density at radius 3 is 2.83 bits per heavy atom. The predicted octanol–water partition coefficient (Wildman–Crippen LogP) is 1.24. The van der Waals surface area contributed by atoms with Crippen molar-refractivity contribution in [1.82, 2.24) is 9.97 Å². The molecule has 0 atom stereocenters. The molecule has 0 saturated heterocycles. The molecule has 0 aromatic carbocycles. The Kier molecular flexibility index (Phi) is 2.91. The Morgan fingerprint density at radius 1 is 1.58 bits per heavy atom. The fourth-order valence-corrected chi connectivity index (χ4v) is 0.805. The van der Waals surface area contributed by atoms with Crippen molar-refractivity contribution in [2.45, 2.75) is 20.3 Å². The summed E-state index contributed by atoms with van der Waals surface area (Å²) in [5.41, 5.74) is 0.795. The SMILES string of the molecule is CC(C)C(=O)Cc1ccncn1. The second-order valence-electron chi connectivity index (χ2n) is 3.00. The lowest BCUT2D eigenvalue weighted by atomic mass is 10.0. The molecule has 0 fully saturated rings. The van der Waals surface area contributed by atoms with Gasteiger partial charge in [-0.3, -0.25) is 4.79 Å². The monoisotopic (exact) mass is 164 g/mol. The summed E-state index contributed by atoms with van der Waals surface area (Å²) in [5.74, 6) is 0.300. The van der Waals surface area contributed by atoms with Gasteiger partial charge in [0.25, 0.3) is 0 Å². The molecule has 12 heavy (non-hydrogen) atoms. The van der Waals surface area contributed by atoms with Gasteiger partial charge in [0.2, 0.25) is 0 Å². The molecule has 0 unspecified atom stereocenters. The van der Waals surface area contributed by atoms with Crippen molar-refractivity contribution >= 4 is 5.78 Å². The van der Waals surface area contributed by atoms with Crippen molar-refractivity contribution in [1.29, 1.82) is 0 Å². The third-order valence-electron chi connectivity index (χ3n) is 1.64. The highest BCUT2D eigenvalue weighted by molar-refractivity contribution is 5.82. The van der Waals surface area contributed by atoms with Crippen molar-refractivity contribution in [3.63, 3.8) is 0 Å². The van der Waals surface area contributed by atoms with E-state index in [0.29, 0.717) is 6.42 Å². The number of carbonyl (C=O) groups is 1. The van der Waals surface area contributed by atoms with E-state index in [-0.39, 0.29) is 11.7 Å². The normalized spacial score (nSPS) is 10.2. The number of hydrogen-bond acceptors (Lipinski definition) is 3. The third kappa shape index (κ3) is 2.42. The number of rotatable bonds is 3. The van der Waals surface area contributed by atoms with Gasteiger partial charge in [-0.25, -0.2) is 9.97 Å². The first-order valence-corrected chi connectivity index (χ1v) is 3.97. The van der Waals surface area contributed by atoms with Crippen LogP contribution in [0.4, 0.5) is 0 Å². The number of carbonyl (C=O) groups excluding carboxylic acids is 1. The molecule has 3 nitrogen and oxygen atoms in total. The first-order chi connectivity index (χ1) is 5.70. The minimum Gasteiger partial charge on any atom is -0.299 e. The highest BCUT2D eigenvalue weighted by Crippen LogP contribution is 2.01. The topological polar surface area (TPSA) is 42.9 Å². The van der Waals surface area contributed by atoms with E-state index < -0.39 is 0 Å². The Labute approximate surface area is 71.9 Å². The second-order valence-corrected chi connectivity index (χ2v) is 3.00. The Morgan fingerprint density at radius 2 is 2.33 bits per heavy atom. The highest BCUT2D eigenvalue weighted by atomic mass is 16.1. The average molecular weight is 164 g/mol. The van der Waals surface area contributed by atoms with Crippen LogP contribution in [0, 0.1) is 5.92 Å². The molecule has 3 heteroatoms. The largest absolute Gasteiger partial charge is 0.299 e. The Hall–Kier alpha value is -1.25. The van der Waals surface area contributed by atoms with Crippen molar-refractivity contribution in [3.8, 4) is 0 Å². The van der Waals surface area contributed by atoms with Gasteiger partial charge in [-0.05, 0) is 6.07 Å². The van der Waals surface area contributed by atoms with Gasteiger partial charge in [0.1, 0.15) is 12.1 Å². The van der Waals surface area contributed by atoms with Crippen LogP contribution in [0.1, 0.15) is 19.5 Å². The zero-order chi connectivity index (χ0) is 8.97. The first-order valence-electron chi connectivity index (χ1n) is 3.97. The predicted molar refractivity (Wildman–Crippen MR) is 45.6 cm³/mol. The van der Waals surface area contributed by atoms with Crippen LogP contribution in [-0.2, 0) is 11.2 Å². The van der Waals surface area contributed by atoms with E-state index in [1.54, 1.807) is 12.3 Å². The molecule has 0 amide bonds. The third-order valence-corrected chi connectivity index (χ3v) is 1.64. The molecule has 0 bridgehead atoms. The number of Topliss-reactive ketones (excluding diaryl/α,β-unsaturated/α-hetero) is 1. The molecule has 1 aromatic rings. The molecule has 0 aliphatic heterocycles. The maximum Gasteiger partial charge on any atom is 0.141 e. The summed E-state index contributed by atoms with van der Waals surface area (Å²) in [4.78, 5) is 19.0. The van der Waals surface area contributed by atoms with E-state index in [2.05, 4.69) is 9.97 Å². The van der Waals surface area contributed by atoms with E-state index >= 15 is 0 Å². The molecule has 0 radical (unpaired) electrons. The zero-order valence-electron chi connectivity index (χ0n) is 7.32. The van der Waals surface area contributed by atoms with Gasteiger partial charge in [-0.1, -0.05) is 13.8 Å². The van der Waals surface area contributed by atoms with Gasteiger partial charge in [-0.2, -0.15) is 0 Å². The van der Waals surface area contributed by atoms with Crippen molar-refractivity contribution in [2.24, 2.45) is 5.92 Å². The molecular formula is C9H12N2O. The highest BCUT2D eigenvalue weighted by Gasteiger charge is 2.08. The van der Waals surface area contributed by atoms with Crippen molar-refractivity contribution in [2.75, 3.05) is 0 Å². The van der Waals surface area contributed by atoms with Crippen LogP contribution >= 0.6 is 0 Å². The molecule has 1 aromatic heterocycles. The van der Waals surface area contributed by atoms with Crippen LogP contribution in [-0.4, -0.2) is 15.8 Å². The van der Waals surface area contributed by atoms with Crippen molar-refractivity contribution < 1.29 is 4.79 Å². The lowest BCUT2D eigenvalue weighted by molar-refractivity contribution is -0.121. The summed E-state index contributed by atoms with van der Waals surface area (Å²) in [5, 5.41) is 0. The summed E-state index contributed by atoms with van der Waals surface area (Å²) in [6.07, 6.45) is 3.53. The lowest BCUT2D eigenvalue weighted by Gasteiger charge is -2.01. The van der Waals surface area contributed by atoms with Gasteiger partial charge in [0.15, 0.2) is 0 Å². The zero-order valence-corrected chi connectivity index (χ0v) is 7.32. The molecule has 1 rings (SSSR count). The first kappa shape index (κ1) is 8.84. The Bertz CT molecular complexity index is 256. The quantitative estimate of drug-likeness (QED) is 0.675. The maximum absolute atomic E-state index is 11.3. The summed E-state index contributed by atoms with van der Waals surface area (Å²) >= 11 is 0. The number of aromatic nitrogens is 2. The molecule has 0 N–H and O–H groups in total. The van der Waals surface area contributed by atoms with E-state index in [9.17, 15) is 4.79 Å². The van der Waals surface area contributed by atoms with Crippen molar-refractivity contribution in [3.05, 3.63) is 24.3 Å². The number of ketones is 1.